The van der Waals surface area contributed by atoms with Gasteiger partial charge in [0, 0.05) is 38.9 Å². The van der Waals surface area contributed by atoms with E-state index in [0.29, 0.717) is 0 Å². The fourth-order valence-corrected chi connectivity index (χ4v) is 11.1. The van der Waals surface area contributed by atoms with Crippen LogP contribution in [0.25, 0.3) is 60.5 Å². The molecule has 3 aliphatic rings. The lowest BCUT2D eigenvalue weighted by Gasteiger charge is -2.36. The second-order valence-electron chi connectivity index (χ2n) is 16.2. The molecule has 1 heterocycles. The Labute approximate surface area is 321 Å². The summed E-state index contributed by atoms with van der Waals surface area (Å²) in [6, 6.07) is 67.9. The predicted octanol–water partition coefficient (Wildman–Crippen LogP) is 14.2. The molecule has 0 radical (unpaired) electrons. The summed E-state index contributed by atoms with van der Waals surface area (Å²) >= 11 is 0. The van der Waals surface area contributed by atoms with Gasteiger partial charge in [0.05, 0.1) is 11.0 Å². The molecule has 55 heavy (non-hydrogen) atoms. The van der Waals surface area contributed by atoms with E-state index in [0.717, 1.165) is 28.9 Å². The van der Waals surface area contributed by atoms with Crippen LogP contribution in [0.1, 0.15) is 36.8 Å². The number of hydrogen-bond donors (Lipinski definition) is 0. The number of nitrogens with zero attached hydrogens (tertiary/aromatic N) is 2. The van der Waals surface area contributed by atoms with Crippen LogP contribution in [0.15, 0.2) is 182 Å². The van der Waals surface area contributed by atoms with Crippen molar-refractivity contribution < 1.29 is 0 Å². The molecule has 2 heteroatoms. The molecule has 8 aromatic carbocycles. The quantitative estimate of drug-likeness (QED) is 0.173. The molecule has 2 nitrogen and oxygen atoms in total. The first-order valence-electron chi connectivity index (χ1n) is 20.0. The summed E-state index contributed by atoms with van der Waals surface area (Å²) < 4.78 is 2.39. The number of hydrogen-bond acceptors (Lipinski definition) is 1. The van der Waals surface area contributed by atoms with E-state index in [9.17, 15) is 0 Å². The van der Waals surface area contributed by atoms with Gasteiger partial charge in [-0.2, -0.15) is 0 Å². The fraction of sp³-hybridized carbons (Fsp3) is 0.132. The highest BCUT2D eigenvalue weighted by Gasteiger charge is 2.56. The van der Waals surface area contributed by atoms with E-state index in [1.165, 1.54) is 86.2 Å². The number of benzene rings is 8. The lowest BCUT2D eigenvalue weighted by molar-refractivity contribution is 0.327. The second-order valence-corrected chi connectivity index (χ2v) is 16.2. The molecule has 1 aromatic heterocycles. The molecule has 3 aliphatic carbocycles. The van der Waals surface area contributed by atoms with E-state index in [1.807, 2.05) is 0 Å². The van der Waals surface area contributed by atoms with E-state index >= 15 is 0 Å². The van der Waals surface area contributed by atoms with Crippen LogP contribution in [0, 0.1) is 11.8 Å². The third-order valence-corrected chi connectivity index (χ3v) is 13.4. The van der Waals surface area contributed by atoms with Gasteiger partial charge in [-0.05, 0) is 142 Å². The third-order valence-electron chi connectivity index (χ3n) is 13.4. The van der Waals surface area contributed by atoms with Crippen molar-refractivity contribution in [1.29, 1.82) is 0 Å². The maximum atomic E-state index is 2.56. The average Bonchev–Trinajstić information content (AvgIpc) is 4.02. The Balaban J connectivity index is 0.989. The van der Waals surface area contributed by atoms with Crippen LogP contribution in [0.4, 0.5) is 17.1 Å². The Morgan fingerprint density at radius 3 is 2.02 bits per heavy atom. The summed E-state index contributed by atoms with van der Waals surface area (Å²) in [6.45, 7) is 0. The van der Waals surface area contributed by atoms with E-state index in [4.69, 9.17) is 0 Å². The molecule has 12 rings (SSSR count). The summed E-state index contributed by atoms with van der Waals surface area (Å²) in [7, 11) is 0. The summed E-state index contributed by atoms with van der Waals surface area (Å²) in [5.41, 5.74) is 15.8. The maximum Gasteiger partial charge on any atom is 0.0542 e. The molecule has 0 aliphatic heterocycles. The molecule has 3 unspecified atom stereocenters. The van der Waals surface area contributed by atoms with Crippen LogP contribution in [0.2, 0.25) is 0 Å². The van der Waals surface area contributed by atoms with E-state index < -0.39 is 0 Å². The van der Waals surface area contributed by atoms with Crippen LogP contribution in [0.5, 0.6) is 0 Å². The Bertz CT molecular complexity index is 2950. The topological polar surface area (TPSA) is 8.17 Å². The van der Waals surface area contributed by atoms with Gasteiger partial charge in [0.15, 0.2) is 0 Å². The maximum absolute atomic E-state index is 2.56. The van der Waals surface area contributed by atoms with E-state index in [2.05, 4.69) is 191 Å². The number of fused-ring (bicyclic) bond motifs is 12. The lowest BCUT2D eigenvalue weighted by atomic mass is 9.66. The summed E-state index contributed by atoms with van der Waals surface area (Å²) in [5, 5.41) is 4.98. The Morgan fingerprint density at radius 2 is 1.16 bits per heavy atom. The van der Waals surface area contributed by atoms with Gasteiger partial charge >= 0.3 is 0 Å². The Morgan fingerprint density at radius 1 is 0.473 bits per heavy atom. The van der Waals surface area contributed by atoms with Crippen LogP contribution >= 0.6 is 0 Å². The van der Waals surface area contributed by atoms with Gasteiger partial charge in [-0.15, -0.1) is 0 Å². The summed E-state index contributed by atoms with van der Waals surface area (Å²) in [6.07, 6.45) is 5.45. The lowest BCUT2D eigenvalue weighted by Crippen LogP contribution is -2.31. The largest absolute Gasteiger partial charge is 0.310 e. The number of aromatic nitrogens is 1. The Kier molecular flexibility index (Phi) is 6.66. The number of para-hydroxylation sites is 2. The zero-order valence-electron chi connectivity index (χ0n) is 30.7. The first-order valence-corrected chi connectivity index (χ1v) is 20.0. The summed E-state index contributed by atoms with van der Waals surface area (Å²) in [4.78, 5) is 2.42. The molecule has 3 atom stereocenters. The minimum Gasteiger partial charge on any atom is -0.310 e. The molecule has 2 fully saturated rings. The highest BCUT2D eigenvalue weighted by molar-refractivity contribution is 6.10. The smallest absolute Gasteiger partial charge is 0.0542 e. The van der Waals surface area contributed by atoms with Crippen molar-refractivity contribution in [3.05, 3.63) is 193 Å². The van der Waals surface area contributed by atoms with Gasteiger partial charge in [0.25, 0.3) is 0 Å². The first-order chi connectivity index (χ1) is 27.2. The van der Waals surface area contributed by atoms with Gasteiger partial charge in [-0.3, -0.25) is 0 Å². The zero-order chi connectivity index (χ0) is 36.1. The van der Waals surface area contributed by atoms with Crippen molar-refractivity contribution in [2.45, 2.75) is 31.1 Å². The van der Waals surface area contributed by atoms with Crippen molar-refractivity contribution >= 4 is 49.6 Å². The zero-order valence-corrected chi connectivity index (χ0v) is 30.7. The SMILES string of the molecule is c1ccc(-n2c3ccccc3c3cc(N(c4ccc(-c5ccc6c(c5)C5(CC7CCC5C7)c5ccccc5-6)cc4)c4ccc5ccccc5c4)ccc32)cc1. The van der Waals surface area contributed by atoms with Crippen LogP contribution in [0.3, 0.4) is 0 Å². The van der Waals surface area contributed by atoms with Crippen LogP contribution in [-0.2, 0) is 5.41 Å². The monoisotopic (exact) mass is 704 g/mol. The Hall–Kier alpha value is -6.38. The molecule has 0 saturated heterocycles. The molecule has 0 amide bonds. The number of anilines is 3. The highest BCUT2D eigenvalue weighted by atomic mass is 15.1. The van der Waals surface area contributed by atoms with Crippen molar-refractivity contribution in [2.24, 2.45) is 11.8 Å². The van der Waals surface area contributed by atoms with E-state index in [1.54, 1.807) is 11.1 Å². The third kappa shape index (κ3) is 4.55. The molecule has 1 spiro atoms. The first kappa shape index (κ1) is 31.0. The molecule has 262 valence electrons. The van der Waals surface area contributed by atoms with E-state index in [-0.39, 0.29) is 5.41 Å². The average molecular weight is 705 g/mol. The molecule has 0 N–H and O–H groups in total. The fourth-order valence-electron chi connectivity index (χ4n) is 11.1. The van der Waals surface area contributed by atoms with Gasteiger partial charge in [-0.25, -0.2) is 0 Å². The normalized spacial score (nSPS) is 19.4. The van der Waals surface area contributed by atoms with Gasteiger partial charge in [0.1, 0.15) is 0 Å². The molecular formula is C53H40N2. The molecule has 2 saturated carbocycles. The summed E-state index contributed by atoms with van der Waals surface area (Å²) in [5.74, 6) is 1.62. The minimum atomic E-state index is 0.181. The van der Waals surface area contributed by atoms with Crippen LogP contribution in [-0.4, -0.2) is 4.57 Å². The van der Waals surface area contributed by atoms with Crippen molar-refractivity contribution in [2.75, 3.05) is 4.90 Å². The minimum absolute atomic E-state index is 0.181. The molecule has 2 bridgehead atoms. The highest BCUT2D eigenvalue weighted by Crippen LogP contribution is 2.65. The second kappa shape index (κ2) is 11.8. The predicted molar refractivity (Wildman–Crippen MR) is 230 cm³/mol. The molecule has 9 aromatic rings. The number of rotatable bonds is 5. The van der Waals surface area contributed by atoms with Crippen molar-refractivity contribution in [3.63, 3.8) is 0 Å². The molecular weight excluding hydrogens is 665 g/mol. The van der Waals surface area contributed by atoms with Gasteiger partial charge in [0.2, 0.25) is 0 Å². The van der Waals surface area contributed by atoms with Gasteiger partial charge < -0.3 is 9.47 Å². The van der Waals surface area contributed by atoms with Gasteiger partial charge in [-0.1, -0.05) is 122 Å². The standard InChI is InChI=1S/C53H40N2/c1-2-12-41(13-3-1)55-51-17-9-7-15-47(51)48-33-44(27-29-52(48)55)54(43-26-21-36-10-4-5-11-38(36)31-43)42-24-19-37(20-25-42)39-22-28-46-45-14-6-8-16-49(45)53(50(46)32-39)34-35-18-23-40(53)30-35/h1-17,19-22,24-29,31-33,35,40H,18,23,30,34H2. The van der Waals surface area contributed by atoms with Crippen molar-refractivity contribution in [1.82, 2.24) is 4.57 Å². The van der Waals surface area contributed by atoms with Crippen LogP contribution < -0.4 is 4.90 Å². The van der Waals surface area contributed by atoms with Crippen molar-refractivity contribution in [3.8, 4) is 27.9 Å².